The van der Waals surface area contributed by atoms with Crippen LogP contribution in [0.25, 0.3) is 0 Å². The van der Waals surface area contributed by atoms with Crippen LogP contribution in [-0.4, -0.2) is 44.3 Å². The Balaban J connectivity index is 1.85. The minimum Gasteiger partial charge on any atom is -0.383 e. The summed E-state index contributed by atoms with van der Waals surface area (Å²) in [4.78, 5) is 15.4. The second-order valence-electron chi connectivity index (χ2n) is 5.47. The third-order valence-corrected chi connectivity index (χ3v) is 4.71. The fraction of sp³-hybridized carbons (Fsp3) is 0.389. The van der Waals surface area contributed by atoms with E-state index in [0.717, 1.165) is 12.8 Å². The zero-order chi connectivity index (χ0) is 16.5. The van der Waals surface area contributed by atoms with Gasteiger partial charge in [0.1, 0.15) is 0 Å². The topological polar surface area (TPSA) is 41.6 Å². The first-order valence-electron chi connectivity index (χ1n) is 7.76. The van der Waals surface area contributed by atoms with Crippen molar-refractivity contribution in [2.24, 2.45) is 0 Å². The molecule has 1 aromatic carbocycles. The first kappa shape index (κ1) is 17.5. The van der Waals surface area contributed by atoms with Crippen LogP contribution in [0.5, 0.6) is 0 Å². The van der Waals surface area contributed by atoms with E-state index in [1.807, 2.05) is 31.3 Å². The van der Waals surface area contributed by atoms with Crippen molar-refractivity contribution in [1.29, 1.82) is 0 Å². The standard InChI is InChI=1S/C18H24N2O2S/c1-20(18(21)19-11-10-17-9-6-12-23-17)16(14-22-2)13-15-7-4-3-5-8-15/h3-9,12,16H,10-11,13-14H2,1-2H3,(H,19,21). The van der Waals surface area contributed by atoms with Crippen molar-refractivity contribution in [1.82, 2.24) is 10.2 Å². The second kappa shape index (κ2) is 9.33. The molecule has 2 aromatic rings. The molecular weight excluding hydrogens is 308 g/mol. The van der Waals surface area contributed by atoms with Crippen LogP contribution in [0.4, 0.5) is 4.79 Å². The highest BCUT2D eigenvalue weighted by Crippen LogP contribution is 2.10. The number of nitrogens with one attached hydrogen (secondary N) is 1. The highest BCUT2D eigenvalue weighted by molar-refractivity contribution is 7.09. The number of hydrogen-bond donors (Lipinski definition) is 1. The number of benzene rings is 1. The van der Waals surface area contributed by atoms with Gasteiger partial charge in [-0.1, -0.05) is 36.4 Å². The third-order valence-electron chi connectivity index (χ3n) is 3.77. The smallest absolute Gasteiger partial charge is 0.317 e. The molecule has 0 aliphatic heterocycles. The van der Waals surface area contributed by atoms with Crippen molar-refractivity contribution in [2.75, 3.05) is 27.3 Å². The maximum absolute atomic E-state index is 12.3. The summed E-state index contributed by atoms with van der Waals surface area (Å²) in [6.45, 7) is 1.17. The molecule has 0 saturated carbocycles. The molecule has 5 heteroatoms. The Labute approximate surface area is 142 Å². The van der Waals surface area contributed by atoms with Gasteiger partial charge in [0.25, 0.3) is 0 Å². The lowest BCUT2D eigenvalue weighted by Crippen LogP contribution is -2.47. The van der Waals surface area contributed by atoms with Crippen LogP contribution in [-0.2, 0) is 17.6 Å². The fourth-order valence-corrected chi connectivity index (χ4v) is 3.13. The number of rotatable bonds is 8. The van der Waals surface area contributed by atoms with Crippen molar-refractivity contribution in [3.8, 4) is 0 Å². The van der Waals surface area contributed by atoms with E-state index in [1.54, 1.807) is 23.3 Å². The van der Waals surface area contributed by atoms with Crippen LogP contribution in [0.2, 0.25) is 0 Å². The summed E-state index contributed by atoms with van der Waals surface area (Å²) in [5.41, 5.74) is 1.20. The van der Waals surface area contributed by atoms with Crippen LogP contribution >= 0.6 is 11.3 Å². The highest BCUT2D eigenvalue weighted by atomic mass is 32.1. The first-order valence-corrected chi connectivity index (χ1v) is 8.64. The van der Waals surface area contributed by atoms with E-state index in [1.165, 1.54) is 10.4 Å². The fourth-order valence-electron chi connectivity index (χ4n) is 2.42. The molecule has 1 aromatic heterocycles. The lowest BCUT2D eigenvalue weighted by atomic mass is 10.1. The molecule has 0 radical (unpaired) electrons. The molecule has 1 unspecified atom stereocenters. The summed E-state index contributed by atoms with van der Waals surface area (Å²) in [5.74, 6) is 0. The molecule has 0 spiro atoms. The van der Waals surface area contributed by atoms with Gasteiger partial charge in [0.2, 0.25) is 0 Å². The van der Waals surface area contributed by atoms with Gasteiger partial charge < -0.3 is 15.0 Å². The van der Waals surface area contributed by atoms with Crippen LogP contribution in [0, 0.1) is 0 Å². The number of carbonyl (C=O) groups excluding carboxylic acids is 1. The number of ether oxygens (including phenoxy) is 1. The van der Waals surface area contributed by atoms with Gasteiger partial charge >= 0.3 is 6.03 Å². The Hall–Kier alpha value is -1.85. The average molecular weight is 332 g/mol. The normalized spacial score (nSPS) is 11.9. The molecule has 1 N–H and O–H groups in total. The molecular formula is C18H24N2O2S. The molecule has 2 rings (SSSR count). The summed E-state index contributed by atoms with van der Waals surface area (Å²) >= 11 is 1.71. The molecule has 2 amide bonds. The largest absolute Gasteiger partial charge is 0.383 e. The number of urea groups is 1. The van der Waals surface area contributed by atoms with Gasteiger partial charge in [-0.15, -0.1) is 11.3 Å². The Bertz CT molecular complexity index is 572. The summed E-state index contributed by atoms with van der Waals surface area (Å²) < 4.78 is 5.29. The zero-order valence-electron chi connectivity index (χ0n) is 13.7. The van der Waals surface area contributed by atoms with Gasteiger partial charge in [0.15, 0.2) is 0 Å². The van der Waals surface area contributed by atoms with Gasteiger partial charge in [-0.25, -0.2) is 4.79 Å². The number of amides is 2. The van der Waals surface area contributed by atoms with E-state index in [-0.39, 0.29) is 12.1 Å². The van der Waals surface area contributed by atoms with E-state index in [0.29, 0.717) is 13.2 Å². The lowest BCUT2D eigenvalue weighted by molar-refractivity contribution is 0.115. The molecule has 0 saturated heterocycles. The number of likely N-dealkylation sites (N-methyl/N-ethyl adjacent to an activating group) is 1. The first-order chi connectivity index (χ1) is 11.2. The molecule has 124 valence electrons. The molecule has 1 heterocycles. The van der Waals surface area contributed by atoms with Crippen LogP contribution in [0.3, 0.4) is 0 Å². The molecule has 0 fully saturated rings. The highest BCUT2D eigenvalue weighted by Gasteiger charge is 2.20. The Morgan fingerprint density at radius 2 is 2.04 bits per heavy atom. The molecule has 4 nitrogen and oxygen atoms in total. The monoisotopic (exact) mass is 332 g/mol. The van der Waals surface area contributed by atoms with Crippen molar-refractivity contribution in [3.63, 3.8) is 0 Å². The molecule has 0 bridgehead atoms. The number of hydrogen-bond acceptors (Lipinski definition) is 3. The van der Waals surface area contributed by atoms with Crippen molar-refractivity contribution >= 4 is 17.4 Å². The SMILES string of the molecule is COCC(Cc1ccccc1)N(C)C(=O)NCCc1cccs1. The van der Waals surface area contributed by atoms with Crippen LogP contribution in [0.15, 0.2) is 47.8 Å². The van der Waals surface area contributed by atoms with E-state index in [9.17, 15) is 4.79 Å². The van der Waals surface area contributed by atoms with Crippen LogP contribution in [0.1, 0.15) is 10.4 Å². The zero-order valence-corrected chi connectivity index (χ0v) is 14.5. The number of carbonyl (C=O) groups is 1. The Morgan fingerprint density at radius 3 is 2.70 bits per heavy atom. The molecule has 1 atom stereocenters. The number of methoxy groups -OCH3 is 1. The predicted octanol–water partition coefficient (Wildman–Crippen LogP) is 3.19. The quantitative estimate of drug-likeness (QED) is 0.806. The maximum atomic E-state index is 12.3. The average Bonchev–Trinajstić information content (AvgIpc) is 3.08. The van der Waals surface area contributed by atoms with Gasteiger partial charge in [-0.2, -0.15) is 0 Å². The van der Waals surface area contributed by atoms with Gasteiger partial charge in [-0.05, 0) is 29.9 Å². The predicted molar refractivity (Wildman–Crippen MR) is 95.0 cm³/mol. The molecule has 0 aliphatic carbocycles. The van der Waals surface area contributed by atoms with Crippen LogP contribution < -0.4 is 5.32 Å². The van der Waals surface area contributed by atoms with E-state index >= 15 is 0 Å². The third kappa shape index (κ3) is 5.69. The summed E-state index contributed by atoms with van der Waals surface area (Å²) in [5, 5.41) is 5.04. The molecule has 0 aliphatic rings. The Morgan fingerprint density at radius 1 is 1.26 bits per heavy atom. The van der Waals surface area contributed by atoms with Gasteiger partial charge in [0.05, 0.1) is 12.6 Å². The summed E-state index contributed by atoms with van der Waals surface area (Å²) in [6, 6.07) is 14.3. The number of nitrogens with zero attached hydrogens (tertiary/aromatic N) is 1. The second-order valence-corrected chi connectivity index (χ2v) is 6.50. The molecule has 23 heavy (non-hydrogen) atoms. The van der Waals surface area contributed by atoms with Gasteiger partial charge in [0, 0.05) is 25.6 Å². The minimum atomic E-state index is -0.0560. The summed E-state index contributed by atoms with van der Waals surface area (Å²) in [7, 11) is 3.49. The van der Waals surface area contributed by atoms with E-state index in [2.05, 4.69) is 28.9 Å². The van der Waals surface area contributed by atoms with Crippen molar-refractivity contribution < 1.29 is 9.53 Å². The Kier molecular flexibility index (Phi) is 7.10. The lowest BCUT2D eigenvalue weighted by Gasteiger charge is -2.28. The number of thiophene rings is 1. The van der Waals surface area contributed by atoms with E-state index < -0.39 is 0 Å². The summed E-state index contributed by atoms with van der Waals surface area (Å²) in [6.07, 6.45) is 1.65. The van der Waals surface area contributed by atoms with Gasteiger partial charge in [-0.3, -0.25) is 0 Å². The maximum Gasteiger partial charge on any atom is 0.317 e. The van der Waals surface area contributed by atoms with Crippen molar-refractivity contribution in [2.45, 2.75) is 18.9 Å². The minimum absolute atomic E-state index is 0.0177. The van der Waals surface area contributed by atoms with Crippen molar-refractivity contribution in [3.05, 3.63) is 58.3 Å². The van der Waals surface area contributed by atoms with E-state index in [4.69, 9.17) is 4.74 Å².